The maximum absolute atomic E-state index is 12.6. The van der Waals surface area contributed by atoms with Crippen molar-refractivity contribution in [3.8, 4) is 6.07 Å². The van der Waals surface area contributed by atoms with Gasteiger partial charge < -0.3 is 11.1 Å². The van der Waals surface area contributed by atoms with E-state index >= 15 is 0 Å². The topological polar surface area (TPSA) is 122 Å². The maximum atomic E-state index is 12.6. The molecule has 156 valence electrons. The Bertz CT molecular complexity index is 1010. The number of aryl methyl sites for hydroxylation is 1. The average molecular weight is 406 g/mol. The summed E-state index contributed by atoms with van der Waals surface area (Å²) in [6, 6.07) is 5.41. The van der Waals surface area contributed by atoms with Crippen LogP contribution in [0.1, 0.15) is 60.0 Å². The number of aliphatic imine (C=N–C) groups is 1. The van der Waals surface area contributed by atoms with Gasteiger partial charge in [-0.05, 0) is 38.0 Å². The molecule has 0 spiro atoms. The van der Waals surface area contributed by atoms with Crippen molar-refractivity contribution >= 4 is 17.9 Å². The van der Waals surface area contributed by atoms with Crippen LogP contribution in [0.4, 0.5) is 5.82 Å². The number of allylic oxidation sites excluding steroid dienone is 2. The first-order chi connectivity index (χ1) is 14.3. The SMILES string of the molecule is C=C(/C=C\CC)/N=C\CC(C)n1cc(C(=O)NCc2ccc(N)nc2C)c(C#N)n1. The Morgan fingerprint density at radius 1 is 1.50 bits per heavy atom. The molecule has 3 N–H and O–H groups in total. The van der Waals surface area contributed by atoms with Crippen molar-refractivity contribution in [1.29, 1.82) is 5.26 Å². The highest BCUT2D eigenvalue weighted by molar-refractivity contribution is 5.95. The van der Waals surface area contributed by atoms with Crippen molar-refractivity contribution in [3.63, 3.8) is 0 Å². The van der Waals surface area contributed by atoms with Crippen LogP contribution in [0.2, 0.25) is 0 Å². The van der Waals surface area contributed by atoms with E-state index in [9.17, 15) is 10.1 Å². The molecule has 2 aromatic rings. The summed E-state index contributed by atoms with van der Waals surface area (Å²) in [5.74, 6) is 0.0612. The molecule has 1 unspecified atom stereocenters. The summed E-state index contributed by atoms with van der Waals surface area (Å²) in [4.78, 5) is 21.1. The number of nitrogens with zero attached hydrogens (tertiary/aromatic N) is 5. The van der Waals surface area contributed by atoms with Gasteiger partial charge in [-0.1, -0.05) is 25.6 Å². The standard InChI is InChI=1S/C22H27N7O/c1-5-6-7-15(2)25-11-10-16(3)29-14-19(20(12-23)28-29)22(30)26-13-18-8-9-21(24)27-17(18)4/h6-9,11,14,16H,2,5,10,13H2,1,3-4H3,(H2,24,27)(H,26,30)/b7-6-,25-11-. The number of aromatic nitrogens is 3. The third kappa shape index (κ3) is 6.14. The van der Waals surface area contributed by atoms with E-state index in [1.54, 1.807) is 23.2 Å². The summed E-state index contributed by atoms with van der Waals surface area (Å²) in [6.07, 6.45) is 8.72. The third-order valence-corrected chi connectivity index (χ3v) is 4.44. The third-order valence-electron chi connectivity index (χ3n) is 4.44. The van der Waals surface area contributed by atoms with Crippen LogP contribution >= 0.6 is 0 Å². The zero-order valence-electron chi connectivity index (χ0n) is 17.6. The summed E-state index contributed by atoms with van der Waals surface area (Å²) in [5, 5.41) is 16.4. The first-order valence-electron chi connectivity index (χ1n) is 9.73. The Kier molecular flexibility index (Phi) is 8.06. The fraction of sp³-hybridized carbons (Fsp3) is 0.318. The van der Waals surface area contributed by atoms with Gasteiger partial charge in [-0.2, -0.15) is 10.4 Å². The molecule has 0 bridgehead atoms. The van der Waals surface area contributed by atoms with Gasteiger partial charge in [0.25, 0.3) is 5.91 Å². The normalized spacial score (nSPS) is 12.2. The van der Waals surface area contributed by atoms with Crippen molar-refractivity contribution in [2.75, 3.05) is 5.73 Å². The van der Waals surface area contributed by atoms with Crippen molar-refractivity contribution in [2.45, 2.75) is 46.2 Å². The molecule has 2 rings (SSSR count). The Hall–Kier alpha value is -3.73. The number of nitrogen functional groups attached to an aromatic ring is 1. The van der Waals surface area contributed by atoms with Crippen LogP contribution in [0, 0.1) is 18.3 Å². The first-order valence-corrected chi connectivity index (χ1v) is 9.73. The lowest BCUT2D eigenvalue weighted by molar-refractivity contribution is 0.0950. The lowest BCUT2D eigenvalue weighted by atomic mass is 10.2. The summed E-state index contributed by atoms with van der Waals surface area (Å²) in [6.45, 7) is 9.95. The highest BCUT2D eigenvalue weighted by Gasteiger charge is 2.18. The molecule has 0 saturated heterocycles. The van der Waals surface area contributed by atoms with E-state index in [2.05, 4.69) is 27.0 Å². The molecule has 8 nitrogen and oxygen atoms in total. The number of anilines is 1. The van der Waals surface area contributed by atoms with Gasteiger partial charge in [-0.25, -0.2) is 4.98 Å². The number of amides is 1. The molecule has 0 radical (unpaired) electrons. The van der Waals surface area contributed by atoms with Gasteiger partial charge in [-0.3, -0.25) is 14.5 Å². The predicted octanol–water partition coefficient (Wildman–Crippen LogP) is 3.47. The van der Waals surface area contributed by atoms with E-state index in [1.165, 1.54) is 0 Å². The molecule has 1 atom stereocenters. The molecule has 1 amide bonds. The lowest BCUT2D eigenvalue weighted by Crippen LogP contribution is -2.24. The summed E-state index contributed by atoms with van der Waals surface area (Å²) < 4.78 is 1.61. The molecule has 0 aromatic carbocycles. The van der Waals surface area contributed by atoms with Gasteiger partial charge in [0.05, 0.1) is 17.3 Å². The van der Waals surface area contributed by atoms with E-state index in [4.69, 9.17) is 5.73 Å². The second-order valence-corrected chi connectivity index (χ2v) is 6.84. The fourth-order valence-corrected chi connectivity index (χ4v) is 2.66. The van der Waals surface area contributed by atoms with E-state index in [-0.39, 0.29) is 29.8 Å². The van der Waals surface area contributed by atoms with Crippen molar-refractivity contribution in [2.24, 2.45) is 4.99 Å². The smallest absolute Gasteiger partial charge is 0.256 e. The molecule has 2 heterocycles. The van der Waals surface area contributed by atoms with Crippen LogP contribution < -0.4 is 11.1 Å². The highest BCUT2D eigenvalue weighted by Crippen LogP contribution is 2.14. The van der Waals surface area contributed by atoms with Crippen molar-refractivity contribution < 1.29 is 4.79 Å². The Labute approximate surface area is 176 Å². The number of hydrogen-bond donors (Lipinski definition) is 2. The fourth-order valence-electron chi connectivity index (χ4n) is 2.66. The summed E-state index contributed by atoms with van der Waals surface area (Å²) >= 11 is 0. The summed E-state index contributed by atoms with van der Waals surface area (Å²) in [7, 11) is 0. The quantitative estimate of drug-likeness (QED) is 0.488. The number of carbonyl (C=O) groups is 1. The van der Waals surface area contributed by atoms with Crippen LogP contribution in [0.15, 0.2) is 47.7 Å². The van der Waals surface area contributed by atoms with E-state index < -0.39 is 0 Å². The van der Waals surface area contributed by atoms with Gasteiger partial charge >= 0.3 is 0 Å². The van der Waals surface area contributed by atoms with Crippen LogP contribution in [0.3, 0.4) is 0 Å². The molecule has 30 heavy (non-hydrogen) atoms. The van der Waals surface area contributed by atoms with Crippen LogP contribution in [-0.2, 0) is 6.54 Å². The van der Waals surface area contributed by atoms with Crippen LogP contribution in [0.25, 0.3) is 0 Å². The van der Waals surface area contributed by atoms with Gasteiger partial charge in [0.1, 0.15) is 11.9 Å². The zero-order chi connectivity index (χ0) is 22.1. The van der Waals surface area contributed by atoms with Crippen molar-refractivity contribution in [1.82, 2.24) is 20.1 Å². The number of pyridine rings is 1. The Morgan fingerprint density at radius 2 is 2.27 bits per heavy atom. The van der Waals surface area contributed by atoms with E-state index in [0.29, 0.717) is 17.9 Å². The van der Waals surface area contributed by atoms with Gasteiger partial charge in [0.2, 0.25) is 0 Å². The molecular weight excluding hydrogens is 378 g/mol. The molecular formula is C22H27N7O. The monoisotopic (exact) mass is 405 g/mol. The molecule has 0 aliphatic carbocycles. The Morgan fingerprint density at radius 3 is 2.93 bits per heavy atom. The maximum Gasteiger partial charge on any atom is 0.256 e. The number of nitrogens with two attached hydrogens (primary N) is 1. The van der Waals surface area contributed by atoms with Crippen molar-refractivity contribution in [3.05, 3.63) is 65.3 Å². The number of nitriles is 1. The minimum absolute atomic E-state index is 0.0751. The second-order valence-electron chi connectivity index (χ2n) is 6.84. The second kappa shape index (κ2) is 10.7. The number of hydrogen-bond acceptors (Lipinski definition) is 6. The van der Waals surface area contributed by atoms with E-state index in [1.807, 2.05) is 45.1 Å². The lowest BCUT2D eigenvalue weighted by Gasteiger charge is -2.09. The minimum Gasteiger partial charge on any atom is -0.384 e. The molecule has 2 aromatic heterocycles. The van der Waals surface area contributed by atoms with Crippen LogP contribution in [-0.4, -0.2) is 26.9 Å². The number of nitrogens with one attached hydrogen (secondary N) is 1. The molecule has 0 aliphatic heterocycles. The molecule has 0 saturated carbocycles. The van der Waals surface area contributed by atoms with Crippen LogP contribution in [0.5, 0.6) is 0 Å². The minimum atomic E-state index is -0.368. The average Bonchev–Trinajstić information content (AvgIpc) is 3.16. The van der Waals surface area contributed by atoms with Gasteiger partial charge in [0, 0.05) is 31.1 Å². The number of rotatable bonds is 9. The predicted molar refractivity (Wildman–Crippen MR) is 118 cm³/mol. The summed E-state index contributed by atoms with van der Waals surface area (Å²) in [5.41, 5.74) is 8.24. The number of carbonyl (C=O) groups excluding carboxylic acids is 1. The first kappa shape index (κ1) is 22.6. The highest BCUT2D eigenvalue weighted by atomic mass is 16.1. The molecule has 0 aliphatic rings. The van der Waals surface area contributed by atoms with E-state index in [0.717, 1.165) is 17.7 Å². The zero-order valence-corrected chi connectivity index (χ0v) is 17.6. The van der Waals surface area contributed by atoms with Gasteiger partial charge in [0.15, 0.2) is 5.69 Å². The Balaban J connectivity index is 2.04. The molecule has 8 heteroatoms. The largest absolute Gasteiger partial charge is 0.384 e. The molecule has 0 fully saturated rings. The van der Waals surface area contributed by atoms with Gasteiger partial charge in [-0.15, -0.1) is 0 Å².